The predicted octanol–water partition coefficient (Wildman–Crippen LogP) is 4.61. The van der Waals surface area contributed by atoms with Crippen molar-refractivity contribution in [2.75, 3.05) is 40.0 Å². The molecule has 0 radical (unpaired) electrons. The molecule has 0 spiro atoms. The number of rotatable bonds is 10. The van der Waals surface area contributed by atoms with Gasteiger partial charge in [0.1, 0.15) is 11.6 Å². The van der Waals surface area contributed by atoms with Gasteiger partial charge >= 0.3 is 0 Å². The number of nitrogens with one attached hydrogen (secondary N) is 1. The lowest BCUT2D eigenvalue weighted by atomic mass is 10.1. The van der Waals surface area contributed by atoms with E-state index in [0.29, 0.717) is 24.3 Å². The Bertz CT molecular complexity index is 846. The number of benzene rings is 1. The van der Waals surface area contributed by atoms with E-state index in [2.05, 4.69) is 22.1 Å². The summed E-state index contributed by atoms with van der Waals surface area (Å²) in [6.45, 7) is 6.72. The van der Waals surface area contributed by atoms with E-state index in [4.69, 9.17) is 19.2 Å². The van der Waals surface area contributed by atoms with E-state index in [1.807, 2.05) is 6.07 Å². The summed E-state index contributed by atoms with van der Waals surface area (Å²) < 4.78 is 29.9. The van der Waals surface area contributed by atoms with Gasteiger partial charge in [0.25, 0.3) is 0 Å². The van der Waals surface area contributed by atoms with Crippen molar-refractivity contribution in [2.24, 2.45) is 4.99 Å². The first-order valence-electron chi connectivity index (χ1n) is 11.2. The van der Waals surface area contributed by atoms with Gasteiger partial charge in [-0.3, -0.25) is 0 Å². The maximum atomic E-state index is 13.3. The summed E-state index contributed by atoms with van der Waals surface area (Å²) in [6.07, 6.45) is 4.96. The topological polar surface area (TPSA) is 68.2 Å². The van der Waals surface area contributed by atoms with Gasteiger partial charge in [0, 0.05) is 58.3 Å². The average molecular weight is 572 g/mol. The number of halogens is 2. The molecule has 3 rings (SSSR count). The van der Waals surface area contributed by atoms with Crippen LogP contribution in [0.3, 0.4) is 0 Å². The van der Waals surface area contributed by atoms with Crippen LogP contribution in [-0.2, 0) is 16.0 Å². The van der Waals surface area contributed by atoms with Crippen LogP contribution in [0.25, 0.3) is 0 Å². The Morgan fingerprint density at radius 3 is 2.70 bits per heavy atom. The van der Waals surface area contributed by atoms with Crippen molar-refractivity contribution in [2.45, 2.75) is 38.8 Å². The number of aliphatic imine (C=N–C) groups is 1. The molecule has 1 aromatic carbocycles. The molecule has 1 aromatic heterocycles. The number of piperidine rings is 1. The summed E-state index contributed by atoms with van der Waals surface area (Å²) in [6, 6.07) is 9.70. The fourth-order valence-electron chi connectivity index (χ4n) is 3.50. The van der Waals surface area contributed by atoms with Gasteiger partial charge in [0.05, 0.1) is 12.6 Å². The molecule has 0 aliphatic carbocycles. The van der Waals surface area contributed by atoms with E-state index in [1.54, 1.807) is 31.5 Å². The normalized spacial score (nSPS) is 14.6. The van der Waals surface area contributed by atoms with Crippen molar-refractivity contribution in [3.63, 3.8) is 0 Å². The maximum absolute atomic E-state index is 13.3. The molecule has 2 aromatic rings. The molecule has 0 atom stereocenters. The second-order valence-corrected chi connectivity index (χ2v) is 7.64. The van der Waals surface area contributed by atoms with Crippen LogP contribution in [-0.4, -0.2) is 61.9 Å². The lowest BCUT2D eigenvalue weighted by Crippen LogP contribution is -2.47. The largest absolute Gasteiger partial charge is 0.439 e. The van der Waals surface area contributed by atoms with Gasteiger partial charge < -0.3 is 24.4 Å². The molecule has 7 nitrogen and oxygen atoms in total. The Kier molecular flexibility index (Phi) is 12.4. The number of hydrogen-bond acceptors (Lipinski definition) is 5. The number of aromatic nitrogens is 1. The highest BCUT2D eigenvalue weighted by Gasteiger charge is 2.21. The number of likely N-dealkylation sites (tertiary alicyclic amines) is 1. The van der Waals surface area contributed by atoms with Crippen molar-refractivity contribution in [3.8, 4) is 11.6 Å². The third kappa shape index (κ3) is 9.42. The third-order valence-electron chi connectivity index (χ3n) is 5.15. The molecule has 0 amide bonds. The van der Waals surface area contributed by atoms with Crippen LogP contribution in [0.2, 0.25) is 0 Å². The van der Waals surface area contributed by atoms with Crippen molar-refractivity contribution in [1.82, 2.24) is 15.2 Å². The maximum Gasteiger partial charge on any atom is 0.219 e. The van der Waals surface area contributed by atoms with E-state index in [-0.39, 0.29) is 29.8 Å². The van der Waals surface area contributed by atoms with Crippen LogP contribution in [0.15, 0.2) is 47.6 Å². The summed E-state index contributed by atoms with van der Waals surface area (Å²) in [5, 5.41) is 3.38. The van der Waals surface area contributed by atoms with Crippen LogP contribution in [0.1, 0.15) is 31.7 Å². The minimum atomic E-state index is -0.342. The van der Waals surface area contributed by atoms with Crippen molar-refractivity contribution in [1.29, 1.82) is 0 Å². The zero-order valence-electron chi connectivity index (χ0n) is 19.3. The molecule has 9 heteroatoms. The molecular weight excluding hydrogens is 538 g/mol. The van der Waals surface area contributed by atoms with Gasteiger partial charge in [0.15, 0.2) is 5.96 Å². The SMILES string of the molecule is CCNC(=NCc1ccc(Oc2cccc(F)c2)nc1)N1CCC(OCCCOC)CC1.I. The number of methoxy groups -OCH3 is 1. The predicted molar refractivity (Wildman–Crippen MR) is 138 cm³/mol. The van der Waals surface area contributed by atoms with E-state index < -0.39 is 0 Å². The Balaban J connectivity index is 0.00000385. The van der Waals surface area contributed by atoms with E-state index in [1.165, 1.54) is 12.1 Å². The highest BCUT2D eigenvalue weighted by atomic mass is 127. The summed E-state index contributed by atoms with van der Waals surface area (Å²) >= 11 is 0. The first-order valence-corrected chi connectivity index (χ1v) is 11.2. The molecule has 1 aliphatic heterocycles. The number of ether oxygens (including phenoxy) is 3. The molecule has 2 heterocycles. The van der Waals surface area contributed by atoms with Crippen LogP contribution in [0.4, 0.5) is 4.39 Å². The Morgan fingerprint density at radius 1 is 1.21 bits per heavy atom. The van der Waals surface area contributed by atoms with E-state index in [0.717, 1.165) is 63.6 Å². The molecule has 182 valence electrons. The van der Waals surface area contributed by atoms with Crippen LogP contribution >= 0.6 is 24.0 Å². The number of nitrogens with zero attached hydrogens (tertiary/aromatic N) is 3. The lowest BCUT2D eigenvalue weighted by molar-refractivity contribution is 0.00990. The van der Waals surface area contributed by atoms with Crippen LogP contribution < -0.4 is 10.1 Å². The highest BCUT2D eigenvalue weighted by molar-refractivity contribution is 14.0. The van der Waals surface area contributed by atoms with E-state index in [9.17, 15) is 4.39 Å². The molecule has 0 saturated carbocycles. The molecule has 1 N–H and O–H groups in total. The highest BCUT2D eigenvalue weighted by Crippen LogP contribution is 2.20. The molecule has 1 saturated heterocycles. The molecule has 33 heavy (non-hydrogen) atoms. The lowest BCUT2D eigenvalue weighted by Gasteiger charge is -2.34. The van der Waals surface area contributed by atoms with Crippen LogP contribution in [0.5, 0.6) is 11.6 Å². The number of guanidine groups is 1. The first-order chi connectivity index (χ1) is 15.7. The second kappa shape index (κ2) is 15.0. The minimum absolute atomic E-state index is 0. The van der Waals surface area contributed by atoms with Crippen molar-refractivity contribution < 1.29 is 18.6 Å². The molecule has 0 unspecified atom stereocenters. The second-order valence-electron chi connectivity index (χ2n) is 7.64. The minimum Gasteiger partial charge on any atom is -0.439 e. The monoisotopic (exact) mass is 572 g/mol. The van der Waals surface area contributed by atoms with Gasteiger partial charge in [-0.2, -0.15) is 0 Å². The number of pyridine rings is 1. The third-order valence-corrected chi connectivity index (χ3v) is 5.15. The summed E-state index contributed by atoms with van der Waals surface area (Å²) in [7, 11) is 1.71. The standard InChI is InChI=1S/C24H33FN4O3.HI/c1-3-26-24(29-12-10-21(11-13-29)31-15-5-14-30-2)28-18-19-8-9-23(27-17-19)32-22-7-4-6-20(25)16-22;/h4,6-9,16-17,21H,3,5,10-15,18H2,1-2H3,(H,26,28);1H. The fraction of sp³-hybridized carbons (Fsp3) is 0.500. The molecular formula is C24H34FIN4O3. The first kappa shape index (κ1) is 27.3. The van der Waals surface area contributed by atoms with Crippen LogP contribution in [0, 0.1) is 5.82 Å². The number of hydrogen-bond donors (Lipinski definition) is 1. The summed E-state index contributed by atoms with van der Waals surface area (Å²) in [4.78, 5) is 11.4. The summed E-state index contributed by atoms with van der Waals surface area (Å²) in [5.41, 5.74) is 0.975. The molecule has 0 bridgehead atoms. The van der Waals surface area contributed by atoms with Crippen molar-refractivity contribution in [3.05, 3.63) is 54.0 Å². The van der Waals surface area contributed by atoms with E-state index >= 15 is 0 Å². The molecule has 1 aliphatic rings. The van der Waals surface area contributed by atoms with Gasteiger partial charge in [0.2, 0.25) is 5.88 Å². The smallest absolute Gasteiger partial charge is 0.219 e. The fourth-order valence-corrected chi connectivity index (χ4v) is 3.50. The molecule has 1 fully saturated rings. The van der Waals surface area contributed by atoms with Crippen molar-refractivity contribution >= 4 is 29.9 Å². The van der Waals surface area contributed by atoms with Gasteiger partial charge in [-0.1, -0.05) is 12.1 Å². The van der Waals surface area contributed by atoms with Gasteiger partial charge in [-0.25, -0.2) is 14.4 Å². The Morgan fingerprint density at radius 2 is 2.03 bits per heavy atom. The van der Waals surface area contributed by atoms with Gasteiger partial charge in [-0.15, -0.1) is 24.0 Å². The Hall–Kier alpha value is -1.98. The quantitative estimate of drug-likeness (QED) is 0.194. The summed E-state index contributed by atoms with van der Waals surface area (Å²) in [5.74, 6) is 1.41. The zero-order chi connectivity index (χ0) is 22.6. The average Bonchev–Trinajstić information content (AvgIpc) is 2.81. The zero-order valence-corrected chi connectivity index (χ0v) is 21.7. The van der Waals surface area contributed by atoms with Gasteiger partial charge in [-0.05, 0) is 43.9 Å². The Labute approximate surface area is 212 Å².